The molecule has 0 aliphatic carbocycles. The maximum Gasteiger partial charge on any atom is 0.161 e. The van der Waals surface area contributed by atoms with Crippen LogP contribution in [0.2, 0.25) is 0 Å². The van der Waals surface area contributed by atoms with E-state index in [9.17, 15) is 5.11 Å². The van der Waals surface area contributed by atoms with E-state index in [1.165, 1.54) is 0 Å². The van der Waals surface area contributed by atoms with Crippen molar-refractivity contribution in [2.45, 2.75) is 31.7 Å². The number of hydrogen-bond acceptors (Lipinski definition) is 2. The van der Waals surface area contributed by atoms with E-state index in [2.05, 4.69) is 6.58 Å². The molecule has 0 radical (unpaired) electrons. The van der Waals surface area contributed by atoms with Gasteiger partial charge in [-0.25, -0.2) is 0 Å². The van der Waals surface area contributed by atoms with Crippen molar-refractivity contribution in [1.29, 1.82) is 0 Å². The number of rotatable bonds is 6. The largest absolute Gasteiger partial charge is 0.373 e. The zero-order chi connectivity index (χ0) is 9.61. The van der Waals surface area contributed by atoms with Gasteiger partial charge in [-0.15, -0.1) is 0 Å². The minimum absolute atomic E-state index is 0.162. The second kappa shape index (κ2) is 5.57. The monoisotopic (exact) mass is 192 g/mol. The van der Waals surface area contributed by atoms with Crippen LogP contribution in [0.25, 0.3) is 0 Å². The molecule has 0 saturated carbocycles. The summed E-state index contributed by atoms with van der Waals surface area (Å²) in [6, 6.07) is 0. The molecule has 0 heterocycles. The normalized spacial score (nSPS) is 15.7. The molecule has 1 unspecified atom stereocenters. The molecule has 2 nitrogen and oxygen atoms in total. The van der Waals surface area contributed by atoms with Gasteiger partial charge in [-0.2, -0.15) is 0 Å². The van der Waals surface area contributed by atoms with E-state index in [0.717, 1.165) is 12.0 Å². The van der Waals surface area contributed by atoms with Gasteiger partial charge in [-0.1, -0.05) is 37.1 Å². The molecule has 72 valence electrons. The van der Waals surface area contributed by atoms with Crippen LogP contribution in [0.1, 0.15) is 26.7 Å². The standard InChI is InChI=1S/C9H17ClO2/c1-4-5-9(10,11)7-12-6-8(2)3/h11H,2,4-7H2,1,3H3. The number of ether oxygens (including phenoxy) is 1. The van der Waals surface area contributed by atoms with E-state index in [1.54, 1.807) is 0 Å². The van der Waals surface area contributed by atoms with Crippen LogP contribution in [0, 0.1) is 0 Å². The van der Waals surface area contributed by atoms with Crippen LogP contribution in [0.5, 0.6) is 0 Å². The van der Waals surface area contributed by atoms with Gasteiger partial charge in [-0.05, 0) is 13.3 Å². The minimum atomic E-state index is -1.20. The molecule has 0 aromatic heterocycles. The van der Waals surface area contributed by atoms with Crippen molar-refractivity contribution in [3.8, 4) is 0 Å². The SMILES string of the molecule is C=C(C)COCC(O)(Cl)CCC. The van der Waals surface area contributed by atoms with Crippen LogP contribution < -0.4 is 0 Å². The fourth-order valence-electron chi connectivity index (χ4n) is 0.837. The summed E-state index contributed by atoms with van der Waals surface area (Å²) in [7, 11) is 0. The van der Waals surface area contributed by atoms with E-state index in [1.807, 2.05) is 13.8 Å². The Bertz CT molecular complexity index is 143. The Morgan fingerprint density at radius 2 is 2.25 bits per heavy atom. The van der Waals surface area contributed by atoms with Gasteiger partial charge in [0.25, 0.3) is 0 Å². The maximum absolute atomic E-state index is 9.44. The molecule has 0 rings (SSSR count). The minimum Gasteiger partial charge on any atom is -0.373 e. The Hall–Kier alpha value is -0.0500. The highest BCUT2D eigenvalue weighted by Crippen LogP contribution is 2.18. The first kappa shape index (κ1) is 11.9. The molecule has 0 aliphatic rings. The summed E-state index contributed by atoms with van der Waals surface area (Å²) in [4.78, 5) is 0. The Kier molecular flexibility index (Phi) is 5.55. The predicted molar refractivity (Wildman–Crippen MR) is 51.3 cm³/mol. The van der Waals surface area contributed by atoms with E-state index in [0.29, 0.717) is 13.0 Å². The first-order valence-electron chi connectivity index (χ1n) is 4.11. The summed E-state index contributed by atoms with van der Waals surface area (Å²) in [5.41, 5.74) is 0.930. The molecule has 0 fully saturated rings. The summed E-state index contributed by atoms with van der Waals surface area (Å²) in [6.07, 6.45) is 1.39. The maximum atomic E-state index is 9.44. The Balaban J connectivity index is 3.53. The fourth-order valence-corrected chi connectivity index (χ4v) is 1.10. The molecular weight excluding hydrogens is 176 g/mol. The van der Waals surface area contributed by atoms with Crippen LogP contribution in [0.15, 0.2) is 12.2 Å². The van der Waals surface area contributed by atoms with Crippen LogP contribution in [-0.4, -0.2) is 23.4 Å². The molecule has 0 spiro atoms. The number of alkyl halides is 1. The third-order valence-corrected chi connectivity index (χ3v) is 1.60. The highest BCUT2D eigenvalue weighted by molar-refractivity contribution is 6.22. The van der Waals surface area contributed by atoms with E-state index < -0.39 is 5.06 Å². The highest BCUT2D eigenvalue weighted by atomic mass is 35.5. The molecule has 0 aromatic rings. The number of halogens is 1. The average molecular weight is 193 g/mol. The molecule has 0 aromatic carbocycles. The smallest absolute Gasteiger partial charge is 0.161 e. The highest BCUT2D eigenvalue weighted by Gasteiger charge is 2.21. The van der Waals surface area contributed by atoms with Gasteiger partial charge in [0.1, 0.15) is 0 Å². The summed E-state index contributed by atoms with van der Waals surface area (Å²) in [5, 5.41) is 8.23. The average Bonchev–Trinajstić information content (AvgIpc) is 1.85. The van der Waals surface area contributed by atoms with Gasteiger partial charge in [0.15, 0.2) is 5.06 Å². The van der Waals surface area contributed by atoms with Crippen molar-refractivity contribution in [1.82, 2.24) is 0 Å². The van der Waals surface area contributed by atoms with Crippen molar-refractivity contribution in [2.75, 3.05) is 13.2 Å². The van der Waals surface area contributed by atoms with Gasteiger partial charge >= 0.3 is 0 Å². The van der Waals surface area contributed by atoms with Crippen LogP contribution in [0.4, 0.5) is 0 Å². The molecule has 3 heteroatoms. The number of hydrogen-bond donors (Lipinski definition) is 1. The van der Waals surface area contributed by atoms with Crippen molar-refractivity contribution in [3.63, 3.8) is 0 Å². The fraction of sp³-hybridized carbons (Fsp3) is 0.778. The third-order valence-electron chi connectivity index (χ3n) is 1.30. The molecular formula is C9H17ClO2. The Labute approximate surface area is 79.2 Å². The van der Waals surface area contributed by atoms with Gasteiger partial charge < -0.3 is 9.84 Å². The molecule has 0 amide bonds. The summed E-state index contributed by atoms with van der Waals surface area (Å²) >= 11 is 5.72. The third kappa shape index (κ3) is 6.65. The van der Waals surface area contributed by atoms with Crippen molar-refractivity contribution >= 4 is 11.6 Å². The topological polar surface area (TPSA) is 29.5 Å². The molecule has 0 aliphatic heterocycles. The number of aliphatic hydroxyl groups is 1. The lowest BCUT2D eigenvalue weighted by atomic mass is 10.2. The van der Waals surface area contributed by atoms with Gasteiger partial charge in [0.2, 0.25) is 0 Å². The van der Waals surface area contributed by atoms with Crippen molar-refractivity contribution in [3.05, 3.63) is 12.2 Å². The molecule has 0 bridgehead atoms. The van der Waals surface area contributed by atoms with E-state index in [4.69, 9.17) is 16.3 Å². The first-order chi connectivity index (χ1) is 5.48. The van der Waals surface area contributed by atoms with E-state index in [-0.39, 0.29) is 6.61 Å². The van der Waals surface area contributed by atoms with E-state index >= 15 is 0 Å². The van der Waals surface area contributed by atoms with Crippen LogP contribution in [0.3, 0.4) is 0 Å². The second-order valence-corrected chi connectivity index (χ2v) is 3.82. The zero-order valence-corrected chi connectivity index (χ0v) is 8.52. The summed E-state index contributed by atoms with van der Waals surface area (Å²) in [6.45, 7) is 8.12. The van der Waals surface area contributed by atoms with Crippen LogP contribution in [-0.2, 0) is 4.74 Å². The van der Waals surface area contributed by atoms with Crippen molar-refractivity contribution < 1.29 is 9.84 Å². The van der Waals surface area contributed by atoms with Gasteiger partial charge in [0, 0.05) is 0 Å². The first-order valence-corrected chi connectivity index (χ1v) is 4.49. The summed E-state index contributed by atoms with van der Waals surface area (Å²) in [5.74, 6) is 0. The molecule has 12 heavy (non-hydrogen) atoms. The molecule has 1 N–H and O–H groups in total. The lowest BCUT2D eigenvalue weighted by molar-refractivity contribution is 0.0125. The summed E-state index contributed by atoms with van der Waals surface area (Å²) < 4.78 is 5.13. The molecule has 1 atom stereocenters. The Morgan fingerprint density at radius 1 is 1.67 bits per heavy atom. The lowest BCUT2D eigenvalue weighted by Crippen LogP contribution is -2.27. The Morgan fingerprint density at radius 3 is 2.67 bits per heavy atom. The molecule has 0 saturated heterocycles. The lowest BCUT2D eigenvalue weighted by Gasteiger charge is -2.19. The zero-order valence-electron chi connectivity index (χ0n) is 7.77. The quantitative estimate of drug-likeness (QED) is 0.517. The van der Waals surface area contributed by atoms with Gasteiger partial charge in [-0.3, -0.25) is 0 Å². The van der Waals surface area contributed by atoms with Crippen LogP contribution >= 0.6 is 11.6 Å². The second-order valence-electron chi connectivity index (χ2n) is 3.12. The van der Waals surface area contributed by atoms with Crippen molar-refractivity contribution in [2.24, 2.45) is 0 Å². The van der Waals surface area contributed by atoms with Gasteiger partial charge in [0.05, 0.1) is 13.2 Å². The predicted octanol–water partition coefficient (Wildman–Crippen LogP) is 2.31.